The van der Waals surface area contributed by atoms with E-state index in [1.807, 2.05) is 6.08 Å². The van der Waals surface area contributed by atoms with Gasteiger partial charge in [-0.2, -0.15) is 19.0 Å². The van der Waals surface area contributed by atoms with E-state index >= 15 is 0 Å². The minimum absolute atomic E-state index is 0.247. The Morgan fingerprint density at radius 1 is 1.50 bits per heavy atom. The molecule has 0 saturated heterocycles. The second-order valence-electron chi connectivity index (χ2n) is 4.21. The van der Waals surface area contributed by atoms with Gasteiger partial charge < -0.3 is 4.90 Å². The summed E-state index contributed by atoms with van der Waals surface area (Å²) in [6, 6.07) is -0.777. The van der Waals surface area contributed by atoms with Crippen molar-refractivity contribution < 1.29 is 22.0 Å². The molecule has 0 spiro atoms. The van der Waals surface area contributed by atoms with Crippen LogP contribution in [0.2, 0.25) is 0 Å². The van der Waals surface area contributed by atoms with Crippen LogP contribution in [0.3, 0.4) is 0 Å². The summed E-state index contributed by atoms with van der Waals surface area (Å²) in [5.41, 5.74) is 3.50. The van der Waals surface area contributed by atoms with Gasteiger partial charge in [-0.15, -0.1) is 4.28 Å². The van der Waals surface area contributed by atoms with Gasteiger partial charge in [0.1, 0.15) is 0 Å². The molecule has 9 nitrogen and oxygen atoms in total. The zero-order chi connectivity index (χ0) is 14.8. The zero-order valence-corrected chi connectivity index (χ0v) is 11.5. The van der Waals surface area contributed by atoms with Crippen LogP contribution in [-0.2, 0) is 34.7 Å². The number of urea groups is 1. The van der Waals surface area contributed by atoms with E-state index in [0.717, 1.165) is 17.7 Å². The molecule has 0 saturated carbocycles. The van der Waals surface area contributed by atoms with E-state index in [1.165, 1.54) is 4.90 Å². The first kappa shape index (κ1) is 14.5. The van der Waals surface area contributed by atoms with Gasteiger partial charge >= 0.3 is 16.4 Å². The van der Waals surface area contributed by atoms with Gasteiger partial charge in [0, 0.05) is 13.6 Å². The van der Waals surface area contributed by atoms with Crippen molar-refractivity contribution in [1.82, 2.24) is 20.2 Å². The van der Waals surface area contributed by atoms with Crippen LogP contribution in [0.25, 0.3) is 0 Å². The molecular formula is C10H14N4O5S. The van der Waals surface area contributed by atoms with Crippen LogP contribution in [0.5, 0.6) is 0 Å². The van der Waals surface area contributed by atoms with Gasteiger partial charge in [0.15, 0.2) is 0 Å². The maximum absolute atomic E-state index is 11.8. The van der Waals surface area contributed by atoms with E-state index in [9.17, 15) is 13.2 Å². The number of hydroxylamine groups is 1. The summed E-state index contributed by atoms with van der Waals surface area (Å²) in [4.78, 5) is 13.1. The van der Waals surface area contributed by atoms with Crippen molar-refractivity contribution in [2.24, 2.45) is 7.05 Å². The molecule has 1 aliphatic rings. The number of aryl methyl sites for hydroxylation is 1. The van der Waals surface area contributed by atoms with Crippen LogP contribution in [0.15, 0.2) is 18.3 Å². The number of hydrogen-bond acceptors (Lipinski definition) is 5. The number of allylic oxidation sites excluding steroid dienone is 1. The average molecular weight is 302 g/mol. The molecule has 0 atom stereocenters. The summed E-state index contributed by atoms with van der Waals surface area (Å²) in [5, 5.41) is 4.12. The van der Waals surface area contributed by atoms with Gasteiger partial charge in [0.2, 0.25) is 0 Å². The van der Waals surface area contributed by atoms with Crippen molar-refractivity contribution in [2.75, 3.05) is 6.54 Å². The lowest BCUT2D eigenvalue weighted by atomic mass is 10.1. The van der Waals surface area contributed by atoms with Crippen LogP contribution < -0.4 is 5.48 Å². The third-order valence-electron chi connectivity index (χ3n) is 2.84. The number of fused-ring (bicyclic) bond motifs is 1. The number of aromatic nitrogens is 2. The quantitative estimate of drug-likeness (QED) is 0.443. The first-order chi connectivity index (χ1) is 9.37. The van der Waals surface area contributed by atoms with Crippen LogP contribution in [0.4, 0.5) is 4.79 Å². The predicted molar refractivity (Wildman–Crippen MR) is 67.6 cm³/mol. The summed E-state index contributed by atoms with van der Waals surface area (Å²) < 4.78 is 34.8. The second-order valence-corrected chi connectivity index (χ2v) is 5.24. The van der Waals surface area contributed by atoms with Crippen molar-refractivity contribution >= 4 is 16.4 Å². The minimum Gasteiger partial charge on any atom is -0.313 e. The Kier molecular flexibility index (Phi) is 4.06. The Labute approximate surface area is 115 Å². The fraction of sp³-hybridized carbons (Fsp3) is 0.400. The third-order valence-corrected chi connectivity index (χ3v) is 3.13. The average Bonchev–Trinajstić information content (AvgIpc) is 2.65. The molecule has 2 heterocycles. The minimum atomic E-state index is -4.73. The monoisotopic (exact) mass is 302 g/mol. The molecule has 0 fully saturated rings. The summed E-state index contributed by atoms with van der Waals surface area (Å²) in [7, 11) is -2.97. The summed E-state index contributed by atoms with van der Waals surface area (Å²) in [6.45, 7) is 0.530. The van der Waals surface area contributed by atoms with Crippen molar-refractivity contribution in [3.8, 4) is 0 Å². The standard InChI is InChI=1S/C10H14N4O5S/c1-13-9-7-14(10(15)12-19-20(16,17)18)5-3-2-4-8(9)6-11-13/h2-3,6H,4-5,7H2,1H3,(H,12,15)(H,16,17,18). The Bertz CT molecular complexity index is 636. The highest BCUT2D eigenvalue weighted by Gasteiger charge is 2.20. The van der Waals surface area contributed by atoms with Crippen LogP contribution in [-0.4, -0.2) is 40.2 Å². The highest BCUT2D eigenvalue weighted by Crippen LogP contribution is 2.14. The summed E-state index contributed by atoms with van der Waals surface area (Å²) >= 11 is 0. The Hall–Kier alpha value is -1.91. The van der Waals surface area contributed by atoms with Gasteiger partial charge in [-0.25, -0.2) is 4.79 Å². The summed E-state index contributed by atoms with van der Waals surface area (Å²) in [5.74, 6) is 0. The molecular weight excluding hydrogens is 288 g/mol. The molecule has 0 bridgehead atoms. The van der Waals surface area contributed by atoms with Crippen molar-refractivity contribution in [1.29, 1.82) is 0 Å². The van der Waals surface area contributed by atoms with Gasteiger partial charge in [-0.3, -0.25) is 9.23 Å². The van der Waals surface area contributed by atoms with E-state index in [-0.39, 0.29) is 13.1 Å². The van der Waals surface area contributed by atoms with Gasteiger partial charge in [0.05, 0.1) is 18.4 Å². The largest absolute Gasteiger partial charge is 0.418 e. The maximum Gasteiger partial charge on any atom is 0.418 e. The lowest BCUT2D eigenvalue weighted by Crippen LogP contribution is -2.41. The Morgan fingerprint density at radius 2 is 2.25 bits per heavy atom. The number of rotatable bonds is 2. The number of nitrogens with one attached hydrogen (secondary N) is 1. The second kappa shape index (κ2) is 5.61. The van der Waals surface area contributed by atoms with Crippen LogP contribution in [0.1, 0.15) is 11.3 Å². The van der Waals surface area contributed by atoms with Crippen LogP contribution in [0, 0.1) is 0 Å². The zero-order valence-electron chi connectivity index (χ0n) is 10.7. The van der Waals surface area contributed by atoms with Crippen molar-refractivity contribution in [3.05, 3.63) is 29.6 Å². The number of nitrogens with zero attached hydrogens (tertiary/aromatic N) is 3. The fourth-order valence-electron chi connectivity index (χ4n) is 1.85. The number of carbonyl (C=O) groups excluding carboxylic acids is 1. The maximum atomic E-state index is 11.8. The molecule has 1 aliphatic heterocycles. The molecule has 0 aliphatic carbocycles. The SMILES string of the molecule is Cn1ncc2c1CN(C(=O)NOS(=O)(=O)O)CC=CC2. The van der Waals surface area contributed by atoms with Gasteiger partial charge in [0.25, 0.3) is 0 Å². The van der Waals surface area contributed by atoms with E-state index < -0.39 is 16.4 Å². The Balaban J connectivity index is 2.12. The summed E-state index contributed by atoms with van der Waals surface area (Å²) in [6.07, 6.45) is 6.11. The molecule has 10 heteroatoms. The molecule has 2 N–H and O–H groups in total. The molecule has 110 valence electrons. The highest BCUT2D eigenvalue weighted by molar-refractivity contribution is 7.80. The van der Waals surface area contributed by atoms with Gasteiger partial charge in [-0.05, 0) is 12.0 Å². The lowest BCUT2D eigenvalue weighted by Gasteiger charge is -2.22. The smallest absolute Gasteiger partial charge is 0.313 e. The highest BCUT2D eigenvalue weighted by atomic mass is 32.3. The first-order valence-electron chi connectivity index (χ1n) is 5.72. The van der Waals surface area contributed by atoms with Crippen molar-refractivity contribution in [2.45, 2.75) is 13.0 Å². The fourth-order valence-corrected chi connectivity index (χ4v) is 2.02. The number of carbonyl (C=O) groups is 1. The van der Waals surface area contributed by atoms with E-state index in [1.54, 1.807) is 29.5 Å². The van der Waals surface area contributed by atoms with E-state index in [4.69, 9.17) is 4.55 Å². The topological polar surface area (TPSA) is 114 Å². The molecule has 0 unspecified atom stereocenters. The van der Waals surface area contributed by atoms with Crippen molar-refractivity contribution in [3.63, 3.8) is 0 Å². The van der Waals surface area contributed by atoms with Crippen LogP contribution >= 0.6 is 0 Å². The number of hydrogen-bond donors (Lipinski definition) is 2. The molecule has 1 aromatic heterocycles. The van der Waals surface area contributed by atoms with Gasteiger partial charge in [-0.1, -0.05) is 12.2 Å². The Morgan fingerprint density at radius 3 is 2.95 bits per heavy atom. The molecule has 2 amide bonds. The first-order valence-corrected chi connectivity index (χ1v) is 7.09. The normalized spacial score (nSPS) is 15.4. The van der Waals surface area contributed by atoms with E-state index in [2.05, 4.69) is 9.38 Å². The molecule has 2 rings (SSSR count). The van der Waals surface area contributed by atoms with E-state index in [0.29, 0.717) is 0 Å². The third kappa shape index (κ3) is 3.56. The molecule has 20 heavy (non-hydrogen) atoms. The number of amides is 2. The predicted octanol–water partition coefficient (Wildman–Crippen LogP) is -0.222. The lowest BCUT2D eigenvalue weighted by molar-refractivity contribution is 0.136. The molecule has 0 radical (unpaired) electrons. The molecule has 1 aromatic rings. The molecule has 0 aromatic carbocycles.